The Morgan fingerprint density at radius 1 is 1.33 bits per heavy atom. The number of aromatic amines is 1. The maximum Gasteiger partial charge on any atom is 0.189 e. The Labute approximate surface area is 86.5 Å². The molecule has 0 saturated heterocycles. The third-order valence-corrected chi connectivity index (χ3v) is 2.58. The zero-order chi connectivity index (χ0) is 10.1. The molecule has 1 aliphatic heterocycles. The summed E-state index contributed by atoms with van der Waals surface area (Å²) in [6.45, 7) is 0. The van der Waals surface area contributed by atoms with E-state index in [0.29, 0.717) is 5.82 Å². The first-order valence-electron chi connectivity index (χ1n) is 4.91. The van der Waals surface area contributed by atoms with Crippen LogP contribution in [0.2, 0.25) is 0 Å². The van der Waals surface area contributed by atoms with Gasteiger partial charge in [0.25, 0.3) is 0 Å². The van der Waals surface area contributed by atoms with Crippen molar-refractivity contribution in [2.24, 2.45) is 0 Å². The third kappa shape index (κ3) is 1.45. The van der Waals surface area contributed by atoms with Crippen molar-refractivity contribution in [2.75, 3.05) is 0 Å². The van der Waals surface area contributed by atoms with Gasteiger partial charge in [-0.3, -0.25) is 0 Å². The summed E-state index contributed by atoms with van der Waals surface area (Å²) in [7, 11) is 0. The Morgan fingerprint density at radius 3 is 3.13 bits per heavy atom. The van der Waals surface area contributed by atoms with E-state index in [1.54, 1.807) is 0 Å². The van der Waals surface area contributed by atoms with Crippen molar-refractivity contribution >= 4 is 0 Å². The molecule has 1 atom stereocenters. The lowest BCUT2D eigenvalue weighted by Gasteiger charge is -2.23. The number of tetrazole rings is 1. The lowest BCUT2D eigenvalue weighted by molar-refractivity contribution is 0.167. The predicted octanol–water partition coefficient (Wildman–Crippen LogP) is 1.27. The highest BCUT2D eigenvalue weighted by atomic mass is 16.5. The van der Waals surface area contributed by atoms with E-state index in [4.69, 9.17) is 4.74 Å². The quantitative estimate of drug-likeness (QED) is 0.756. The van der Waals surface area contributed by atoms with Crippen molar-refractivity contribution in [2.45, 2.75) is 18.9 Å². The van der Waals surface area contributed by atoms with Gasteiger partial charge in [-0.15, -0.1) is 5.10 Å². The average molecular weight is 202 g/mol. The molecule has 0 saturated carbocycles. The molecule has 0 spiro atoms. The number of hydrogen-bond donors (Lipinski definition) is 1. The monoisotopic (exact) mass is 202 g/mol. The molecule has 0 bridgehead atoms. The Bertz CT molecular complexity index is 454. The minimum absolute atomic E-state index is 0.0464. The van der Waals surface area contributed by atoms with Gasteiger partial charge in [0.2, 0.25) is 0 Å². The lowest BCUT2D eigenvalue weighted by atomic mass is 10.0. The van der Waals surface area contributed by atoms with Gasteiger partial charge in [-0.25, -0.2) is 5.10 Å². The van der Waals surface area contributed by atoms with Gasteiger partial charge in [0, 0.05) is 0 Å². The van der Waals surface area contributed by atoms with Gasteiger partial charge in [-0.2, -0.15) is 0 Å². The molecular weight excluding hydrogens is 192 g/mol. The summed E-state index contributed by atoms with van der Waals surface area (Å²) in [6.07, 6.45) is 1.87. The summed E-state index contributed by atoms with van der Waals surface area (Å²) in [5.41, 5.74) is 1.25. The van der Waals surface area contributed by atoms with Crippen molar-refractivity contribution in [1.29, 1.82) is 0 Å². The molecule has 0 aliphatic carbocycles. The van der Waals surface area contributed by atoms with E-state index in [1.807, 2.05) is 18.2 Å². The molecule has 15 heavy (non-hydrogen) atoms. The number of hydrogen-bond acceptors (Lipinski definition) is 4. The summed E-state index contributed by atoms with van der Waals surface area (Å²) >= 11 is 0. The van der Waals surface area contributed by atoms with Crippen LogP contribution in [0.15, 0.2) is 24.3 Å². The van der Waals surface area contributed by atoms with Crippen molar-refractivity contribution in [3.63, 3.8) is 0 Å². The van der Waals surface area contributed by atoms with Crippen molar-refractivity contribution < 1.29 is 4.74 Å². The smallest absolute Gasteiger partial charge is 0.189 e. The molecule has 76 valence electrons. The number of benzene rings is 1. The van der Waals surface area contributed by atoms with Gasteiger partial charge in [0.15, 0.2) is 11.9 Å². The molecule has 1 N–H and O–H groups in total. The van der Waals surface area contributed by atoms with E-state index in [2.05, 4.69) is 26.7 Å². The normalized spacial score (nSPS) is 19.3. The van der Waals surface area contributed by atoms with E-state index in [1.165, 1.54) is 5.56 Å². The van der Waals surface area contributed by atoms with E-state index in [9.17, 15) is 0 Å². The second kappa shape index (κ2) is 3.34. The minimum Gasteiger partial charge on any atom is -0.482 e. The Balaban J connectivity index is 1.89. The van der Waals surface area contributed by atoms with Gasteiger partial charge < -0.3 is 4.74 Å². The number of H-pyrrole nitrogens is 1. The Kier molecular flexibility index (Phi) is 1.87. The van der Waals surface area contributed by atoms with Crippen LogP contribution in [-0.4, -0.2) is 20.6 Å². The molecule has 2 aromatic rings. The molecule has 5 heteroatoms. The van der Waals surface area contributed by atoms with Crippen LogP contribution in [0.25, 0.3) is 0 Å². The fourth-order valence-electron chi connectivity index (χ4n) is 1.82. The molecule has 1 aromatic heterocycles. The molecule has 0 radical (unpaired) electrons. The van der Waals surface area contributed by atoms with Crippen LogP contribution in [0.5, 0.6) is 5.75 Å². The fraction of sp³-hybridized carbons (Fsp3) is 0.300. The van der Waals surface area contributed by atoms with Crippen LogP contribution in [-0.2, 0) is 6.42 Å². The minimum atomic E-state index is -0.0464. The Morgan fingerprint density at radius 2 is 2.27 bits per heavy atom. The number of fused-ring (bicyclic) bond motifs is 1. The molecule has 1 unspecified atom stereocenters. The molecule has 3 rings (SSSR count). The van der Waals surface area contributed by atoms with Crippen LogP contribution in [0.1, 0.15) is 23.9 Å². The van der Waals surface area contributed by atoms with Gasteiger partial charge >= 0.3 is 0 Å². The molecular formula is C10H10N4O. The van der Waals surface area contributed by atoms with Gasteiger partial charge in [0.1, 0.15) is 5.75 Å². The maximum atomic E-state index is 5.80. The third-order valence-electron chi connectivity index (χ3n) is 2.58. The first kappa shape index (κ1) is 8.40. The SMILES string of the molecule is c1ccc2c(c1)CCC(c1nnn[nH]1)O2. The van der Waals surface area contributed by atoms with Crippen LogP contribution >= 0.6 is 0 Å². The van der Waals surface area contributed by atoms with Crippen LogP contribution in [0.4, 0.5) is 0 Å². The lowest BCUT2D eigenvalue weighted by Crippen LogP contribution is -2.16. The number of rotatable bonds is 1. The standard InChI is InChI=1S/C10H10N4O/c1-2-4-8-7(3-1)5-6-9(15-8)10-11-13-14-12-10/h1-4,9H,5-6H2,(H,11,12,13,14). The van der Waals surface area contributed by atoms with Crippen LogP contribution in [0.3, 0.4) is 0 Å². The molecule has 1 aromatic carbocycles. The molecule has 5 nitrogen and oxygen atoms in total. The predicted molar refractivity (Wildman–Crippen MR) is 52.3 cm³/mol. The number of ether oxygens (including phenoxy) is 1. The molecule has 0 amide bonds. The van der Waals surface area contributed by atoms with Gasteiger partial charge in [-0.05, 0) is 34.9 Å². The first-order valence-corrected chi connectivity index (χ1v) is 4.91. The largest absolute Gasteiger partial charge is 0.482 e. The first-order chi connectivity index (χ1) is 7.43. The number of para-hydroxylation sites is 1. The summed E-state index contributed by atoms with van der Waals surface area (Å²) in [6, 6.07) is 8.06. The molecule has 1 aliphatic rings. The number of nitrogens with one attached hydrogen (secondary N) is 1. The summed E-state index contributed by atoms with van der Waals surface area (Å²) in [5, 5.41) is 13.7. The van der Waals surface area contributed by atoms with Crippen molar-refractivity contribution in [3.05, 3.63) is 35.7 Å². The van der Waals surface area contributed by atoms with Crippen LogP contribution < -0.4 is 4.74 Å². The van der Waals surface area contributed by atoms with E-state index < -0.39 is 0 Å². The number of aromatic nitrogens is 4. The van der Waals surface area contributed by atoms with Gasteiger partial charge in [0.05, 0.1) is 0 Å². The zero-order valence-electron chi connectivity index (χ0n) is 8.05. The fourth-order valence-corrected chi connectivity index (χ4v) is 1.82. The van der Waals surface area contributed by atoms with E-state index in [-0.39, 0.29) is 6.10 Å². The van der Waals surface area contributed by atoms with E-state index in [0.717, 1.165) is 18.6 Å². The molecule has 0 fully saturated rings. The zero-order valence-corrected chi connectivity index (χ0v) is 8.05. The molecule has 2 heterocycles. The highest BCUT2D eigenvalue weighted by Crippen LogP contribution is 2.32. The van der Waals surface area contributed by atoms with Gasteiger partial charge in [-0.1, -0.05) is 18.2 Å². The van der Waals surface area contributed by atoms with Crippen molar-refractivity contribution in [1.82, 2.24) is 20.6 Å². The maximum absolute atomic E-state index is 5.80. The van der Waals surface area contributed by atoms with Crippen molar-refractivity contribution in [3.8, 4) is 5.75 Å². The average Bonchev–Trinajstić information content (AvgIpc) is 2.82. The van der Waals surface area contributed by atoms with Crippen LogP contribution in [0, 0.1) is 0 Å². The Hall–Kier alpha value is -1.91. The second-order valence-corrected chi connectivity index (χ2v) is 3.54. The summed E-state index contributed by atoms with van der Waals surface area (Å²) in [5.74, 6) is 1.63. The number of nitrogens with zero attached hydrogens (tertiary/aromatic N) is 3. The number of aryl methyl sites for hydroxylation is 1. The van der Waals surface area contributed by atoms with E-state index >= 15 is 0 Å². The second-order valence-electron chi connectivity index (χ2n) is 3.54. The highest BCUT2D eigenvalue weighted by molar-refractivity contribution is 5.35. The summed E-state index contributed by atoms with van der Waals surface area (Å²) in [4.78, 5) is 0. The highest BCUT2D eigenvalue weighted by Gasteiger charge is 2.23. The summed E-state index contributed by atoms with van der Waals surface area (Å²) < 4.78 is 5.80. The topological polar surface area (TPSA) is 63.7 Å².